The average Bonchev–Trinajstić information content (AvgIpc) is 2.08. The van der Waals surface area contributed by atoms with E-state index in [1.54, 1.807) is 0 Å². The molecule has 0 unspecified atom stereocenters. The summed E-state index contributed by atoms with van der Waals surface area (Å²) in [6.07, 6.45) is 0. The summed E-state index contributed by atoms with van der Waals surface area (Å²) in [6.45, 7) is 0. The van der Waals surface area contributed by atoms with Gasteiger partial charge in [0.05, 0.1) is 0 Å². The first-order valence-corrected chi connectivity index (χ1v) is 18.6. The van der Waals surface area contributed by atoms with Gasteiger partial charge in [-0.3, -0.25) is 0 Å². The van der Waals surface area contributed by atoms with Crippen molar-refractivity contribution in [1.82, 2.24) is 0 Å². The van der Waals surface area contributed by atoms with Crippen molar-refractivity contribution in [3.63, 3.8) is 0 Å². The molecule has 156 valence electrons. The van der Waals surface area contributed by atoms with Gasteiger partial charge in [-0.1, -0.05) is 0 Å². The molecule has 0 aliphatic rings. The molecule has 0 aliphatic heterocycles. The molecule has 0 N–H and O–H groups in total. The van der Waals surface area contributed by atoms with Crippen molar-refractivity contribution in [2.45, 2.75) is 0 Å². The van der Waals surface area contributed by atoms with Crippen LogP contribution in [0, 0.1) is 0 Å². The standard InChI is InChI=1S/6IO3.2K.Ti/c6*2-1(3)4;;;/q6*-1;2*+1;+4. The van der Waals surface area contributed by atoms with E-state index in [9.17, 15) is 0 Å². The van der Waals surface area contributed by atoms with Gasteiger partial charge in [-0.15, -0.1) is 0 Å². The fourth-order valence-corrected chi connectivity index (χ4v) is 0. The molecule has 0 aliphatic carbocycles. The van der Waals surface area contributed by atoms with Gasteiger partial charge in [-0.2, -0.15) is 0 Å². The molecule has 0 radical (unpaired) electrons. The monoisotopic (exact) mass is 1180 g/mol. The molecule has 18 nitrogen and oxygen atoms in total. The smallest absolute Gasteiger partial charge is 0.427 e. The van der Waals surface area contributed by atoms with Crippen LogP contribution < -0.4 is 291 Å². The quantitative estimate of drug-likeness (QED) is 0.161. The largest absolute Gasteiger partial charge is 4.00 e. The molecule has 0 aromatic carbocycles. The third kappa shape index (κ3) is 576. The van der Waals surface area contributed by atoms with E-state index in [1.807, 2.05) is 0 Å². The van der Waals surface area contributed by atoms with Crippen LogP contribution in [0.2, 0.25) is 0 Å². The predicted molar refractivity (Wildman–Crippen MR) is 0 cm³/mol. The first-order valence-electron chi connectivity index (χ1n) is 2.78. The normalized spacial score (nSPS) is 8.00. The first-order chi connectivity index (χ1) is 10.4. The fraction of sp³-hybridized carbons (Fsp3) is 0. The minimum absolute atomic E-state index is 0. The molecule has 0 heterocycles. The fourth-order valence-electron chi connectivity index (χ4n) is 0. The second-order valence-corrected chi connectivity index (χ2v) is 7.61. The molecular weight excluding hydrogens is 1180 g/mol. The Morgan fingerprint density at radius 2 is 0.222 bits per heavy atom. The topological polar surface area (TPSA) is 415 Å². The Morgan fingerprint density at radius 1 is 0.222 bits per heavy atom. The summed E-state index contributed by atoms with van der Waals surface area (Å²) in [4.78, 5) is 0. The molecule has 27 heavy (non-hydrogen) atoms. The molecule has 0 bridgehead atoms. The van der Waals surface area contributed by atoms with Gasteiger partial charge in [-0.25, -0.2) is 0 Å². The molecule has 0 aromatic heterocycles. The zero-order valence-electron chi connectivity index (χ0n) is 12.1. The van der Waals surface area contributed by atoms with Crippen LogP contribution in [-0.2, 0) is 21.7 Å². The molecule has 0 atom stereocenters. The van der Waals surface area contributed by atoms with Gasteiger partial charge in [-0.05, 0) is 0 Å². The van der Waals surface area contributed by atoms with E-state index < -0.39 is 126 Å². The van der Waals surface area contributed by atoms with Gasteiger partial charge in [0.25, 0.3) is 126 Å². The van der Waals surface area contributed by atoms with Gasteiger partial charge >= 0.3 is 124 Å². The van der Waals surface area contributed by atoms with Gasteiger partial charge in [0.1, 0.15) is 0 Å². The Hall–Kier alpha value is 7.65. The molecule has 0 aromatic rings. The number of rotatable bonds is 0. The van der Waals surface area contributed by atoms with E-state index >= 15 is 0 Å². The van der Waals surface area contributed by atoms with Gasteiger partial charge in [0.15, 0.2) is 0 Å². The van der Waals surface area contributed by atoms with Crippen LogP contribution >= 0.6 is 0 Å². The van der Waals surface area contributed by atoms with Crippen molar-refractivity contribution in [2.75, 3.05) is 0 Å². The maximum atomic E-state index is 8.57. The first kappa shape index (κ1) is 59.6. The van der Waals surface area contributed by atoms with E-state index in [-0.39, 0.29) is 124 Å². The van der Waals surface area contributed by atoms with Crippen LogP contribution in [0.3, 0.4) is 0 Å². The van der Waals surface area contributed by atoms with Gasteiger partial charge < -0.3 is 61.8 Å². The van der Waals surface area contributed by atoms with E-state index in [2.05, 4.69) is 0 Å². The summed E-state index contributed by atoms with van der Waals surface area (Å²) in [5.41, 5.74) is 0. The summed E-state index contributed by atoms with van der Waals surface area (Å²) < 4.78 is 154. The van der Waals surface area contributed by atoms with Crippen LogP contribution in [0.15, 0.2) is 0 Å². The molecular formula is I6K2O18Ti. The summed E-state index contributed by atoms with van der Waals surface area (Å²) in [5, 5.41) is 0. The molecule has 0 fully saturated rings. The minimum atomic E-state index is -4.01. The van der Waals surface area contributed by atoms with Crippen LogP contribution in [0.4, 0.5) is 0 Å². The second kappa shape index (κ2) is 54.5. The number of hydrogen-bond acceptors (Lipinski definition) is 18. The summed E-state index contributed by atoms with van der Waals surface area (Å²) in [6, 6.07) is 0. The summed E-state index contributed by atoms with van der Waals surface area (Å²) in [5.74, 6) is 0. The number of halogens is 6. The summed E-state index contributed by atoms with van der Waals surface area (Å²) >= 11 is -24.1. The van der Waals surface area contributed by atoms with Gasteiger partial charge in [0.2, 0.25) is 0 Å². The van der Waals surface area contributed by atoms with Crippen molar-refractivity contribution in [3.8, 4) is 0 Å². The SMILES string of the molecule is [K+].[K+].[O-][I+2]([O-])[O-].[O-][I+2]([O-])[O-].[O-][I+2]([O-])[O-].[O-][I+2]([O-])[O-].[O-][I+2]([O-])[O-].[O-][I+2]([O-])[O-].[Ti+4]. The Morgan fingerprint density at radius 3 is 0.222 bits per heavy atom. The third-order valence-electron chi connectivity index (χ3n) is 0. The Labute approximate surface area is 304 Å². The van der Waals surface area contributed by atoms with Crippen molar-refractivity contribution in [3.05, 3.63) is 0 Å². The van der Waals surface area contributed by atoms with Crippen molar-refractivity contribution < 1.29 is 313 Å². The van der Waals surface area contributed by atoms with Crippen LogP contribution in [0.1, 0.15) is 0 Å². The van der Waals surface area contributed by atoms with E-state index in [0.717, 1.165) is 0 Å². The molecule has 0 saturated heterocycles. The second-order valence-electron chi connectivity index (χ2n) is 1.13. The predicted octanol–water partition coefficient (Wildman–Crippen LogP) is -45.4. The Kier molecular flexibility index (Phi) is 120. The van der Waals surface area contributed by atoms with E-state index in [4.69, 9.17) is 61.8 Å². The number of hydrogen-bond donors (Lipinski definition) is 0. The van der Waals surface area contributed by atoms with E-state index in [0.29, 0.717) is 0 Å². The summed E-state index contributed by atoms with van der Waals surface area (Å²) in [7, 11) is 0. The van der Waals surface area contributed by atoms with Crippen LogP contribution in [-0.4, -0.2) is 0 Å². The Bertz CT molecular complexity index is 111. The maximum absolute atomic E-state index is 8.57. The zero-order chi connectivity index (χ0) is 21.5. The van der Waals surface area contributed by atoms with Crippen LogP contribution in [0.5, 0.6) is 0 Å². The van der Waals surface area contributed by atoms with Crippen molar-refractivity contribution in [2.24, 2.45) is 0 Å². The minimum Gasteiger partial charge on any atom is -0.427 e. The molecule has 0 amide bonds. The molecule has 0 spiro atoms. The van der Waals surface area contributed by atoms with Crippen LogP contribution in [0.25, 0.3) is 0 Å². The Balaban J connectivity index is -0.0000000201. The maximum Gasteiger partial charge on any atom is 4.00 e. The van der Waals surface area contributed by atoms with E-state index in [1.165, 1.54) is 0 Å². The van der Waals surface area contributed by atoms with Gasteiger partial charge in [0, 0.05) is 0 Å². The molecule has 0 saturated carbocycles. The zero-order valence-corrected chi connectivity index (χ0v) is 32.9. The molecule has 0 rings (SSSR count). The third-order valence-corrected chi connectivity index (χ3v) is 0. The van der Waals surface area contributed by atoms with Crippen molar-refractivity contribution >= 4 is 0 Å². The molecule has 27 heteroatoms. The average molecular weight is 1180 g/mol. The van der Waals surface area contributed by atoms with Crippen molar-refractivity contribution in [1.29, 1.82) is 0 Å².